The van der Waals surface area contributed by atoms with Crippen LogP contribution in [0.5, 0.6) is 0 Å². The van der Waals surface area contributed by atoms with Crippen molar-refractivity contribution in [2.75, 3.05) is 19.6 Å². The molecule has 158 valence electrons. The van der Waals surface area contributed by atoms with Crippen molar-refractivity contribution < 1.29 is 14.0 Å². The summed E-state index contributed by atoms with van der Waals surface area (Å²) in [6, 6.07) is 15.6. The van der Waals surface area contributed by atoms with Crippen LogP contribution in [0, 0.1) is 5.82 Å². The number of nitrogens with one attached hydrogen (secondary N) is 1. The maximum absolute atomic E-state index is 13.4. The molecule has 2 aromatic carbocycles. The fraction of sp³-hybridized carbons (Fsp3) is 0.208. The average Bonchev–Trinajstić information content (AvgIpc) is 3.48. The quantitative estimate of drug-likeness (QED) is 0.624. The summed E-state index contributed by atoms with van der Waals surface area (Å²) in [5.41, 5.74) is 2.93. The second-order valence-electron chi connectivity index (χ2n) is 7.36. The third-order valence-corrected chi connectivity index (χ3v) is 5.17. The molecule has 1 aliphatic rings. The maximum Gasteiger partial charge on any atom is 0.244 e. The number of likely N-dealkylation sites (tertiary alicyclic amines) is 1. The molecular formula is C24H23FN4O2. The summed E-state index contributed by atoms with van der Waals surface area (Å²) in [4.78, 5) is 26.1. The Morgan fingerprint density at radius 3 is 2.45 bits per heavy atom. The van der Waals surface area contributed by atoms with Crippen molar-refractivity contribution in [3.05, 3.63) is 78.3 Å². The number of amides is 2. The van der Waals surface area contributed by atoms with Gasteiger partial charge in [-0.3, -0.25) is 9.59 Å². The molecular weight excluding hydrogens is 395 g/mol. The Morgan fingerprint density at radius 1 is 1.03 bits per heavy atom. The van der Waals surface area contributed by atoms with E-state index >= 15 is 0 Å². The van der Waals surface area contributed by atoms with Crippen LogP contribution in [0.25, 0.3) is 23.0 Å². The molecule has 0 saturated carbocycles. The lowest BCUT2D eigenvalue weighted by Crippen LogP contribution is -2.38. The third kappa shape index (κ3) is 5.06. The molecule has 4 rings (SSSR count). The van der Waals surface area contributed by atoms with Crippen molar-refractivity contribution in [3.63, 3.8) is 0 Å². The molecule has 0 unspecified atom stereocenters. The van der Waals surface area contributed by atoms with Crippen LogP contribution in [0.2, 0.25) is 0 Å². The van der Waals surface area contributed by atoms with E-state index in [-0.39, 0.29) is 24.2 Å². The minimum atomic E-state index is -0.356. The number of aromatic nitrogens is 2. The van der Waals surface area contributed by atoms with E-state index in [0.29, 0.717) is 11.3 Å². The maximum atomic E-state index is 13.4. The number of carbonyl (C=O) groups excluding carboxylic acids is 2. The van der Waals surface area contributed by atoms with Gasteiger partial charge in [0.15, 0.2) is 0 Å². The number of carbonyl (C=O) groups is 2. The normalized spacial score (nSPS) is 13.6. The zero-order valence-electron chi connectivity index (χ0n) is 17.0. The predicted octanol–water partition coefficient (Wildman–Crippen LogP) is 3.43. The lowest BCUT2D eigenvalue weighted by Gasteiger charge is -2.14. The molecule has 0 aliphatic carbocycles. The summed E-state index contributed by atoms with van der Waals surface area (Å²) in [7, 11) is 0. The van der Waals surface area contributed by atoms with Gasteiger partial charge >= 0.3 is 0 Å². The van der Waals surface area contributed by atoms with E-state index in [2.05, 4.69) is 10.4 Å². The van der Waals surface area contributed by atoms with E-state index in [9.17, 15) is 14.0 Å². The molecule has 0 bridgehead atoms. The van der Waals surface area contributed by atoms with E-state index < -0.39 is 0 Å². The van der Waals surface area contributed by atoms with Crippen molar-refractivity contribution in [1.82, 2.24) is 20.0 Å². The Morgan fingerprint density at radius 2 is 1.74 bits per heavy atom. The molecule has 2 amide bonds. The van der Waals surface area contributed by atoms with Crippen LogP contribution in [0.1, 0.15) is 18.4 Å². The van der Waals surface area contributed by atoms with Gasteiger partial charge in [-0.05, 0) is 55.3 Å². The van der Waals surface area contributed by atoms with Gasteiger partial charge in [-0.2, -0.15) is 5.10 Å². The topological polar surface area (TPSA) is 67.2 Å². The number of hydrogen-bond donors (Lipinski definition) is 1. The van der Waals surface area contributed by atoms with Crippen LogP contribution < -0.4 is 5.32 Å². The Hall–Kier alpha value is -3.74. The highest BCUT2D eigenvalue weighted by molar-refractivity contribution is 5.95. The van der Waals surface area contributed by atoms with Gasteiger partial charge in [0.25, 0.3) is 0 Å². The van der Waals surface area contributed by atoms with E-state index in [4.69, 9.17) is 0 Å². The van der Waals surface area contributed by atoms with Crippen molar-refractivity contribution >= 4 is 17.9 Å². The minimum Gasteiger partial charge on any atom is -0.343 e. The minimum absolute atomic E-state index is 0.0166. The van der Waals surface area contributed by atoms with Gasteiger partial charge in [0.1, 0.15) is 5.82 Å². The molecule has 0 atom stereocenters. The van der Waals surface area contributed by atoms with Gasteiger partial charge in [-0.25, -0.2) is 9.07 Å². The number of rotatable bonds is 6. The summed E-state index contributed by atoms with van der Waals surface area (Å²) in [6.45, 7) is 1.49. The summed E-state index contributed by atoms with van der Waals surface area (Å²) in [5.74, 6) is -0.751. The number of nitrogens with zero attached hydrogens (tertiary/aromatic N) is 3. The van der Waals surface area contributed by atoms with Gasteiger partial charge in [-0.1, -0.05) is 18.2 Å². The monoisotopic (exact) mass is 418 g/mol. The Bertz CT molecular complexity index is 1080. The van der Waals surface area contributed by atoms with Crippen molar-refractivity contribution in [2.24, 2.45) is 0 Å². The molecule has 1 fully saturated rings. The van der Waals surface area contributed by atoms with Gasteiger partial charge in [-0.15, -0.1) is 0 Å². The Labute approximate surface area is 180 Å². The largest absolute Gasteiger partial charge is 0.343 e. The molecule has 1 aromatic heterocycles. The standard InChI is InChI=1S/C24H23FN4O2/c25-20-11-8-18(9-12-20)24-19(17-29(27-24)21-6-2-1-3-7-21)10-13-22(30)26-16-23(31)28-14-4-5-15-28/h1-3,6-13,17H,4-5,14-16H2,(H,26,30)/b13-10+. The molecule has 1 saturated heterocycles. The highest BCUT2D eigenvalue weighted by Gasteiger charge is 2.17. The molecule has 0 spiro atoms. The van der Waals surface area contributed by atoms with Crippen molar-refractivity contribution in [2.45, 2.75) is 12.8 Å². The van der Waals surface area contributed by atoms with Gasteiger partial charge < -0.3 is 10.2 Å². The second kappa shape index (κ2) is 9.38. The second-order valence-corrected chi connectivity index (χ2v) is 7.36. The Balaban J connectivity index is 1.53. The first-order valence-corrected chi connectivity index (χ1v) is 10.2. The highest BCUT2D eigenvalue weighted by Crippen LogP contribution is 2.25. The number of benzene rings is 2. The fourth-order valence-corrected chi connectivity index (χ4v) is 3.52. The molecule has 6 nitrogen and oxygen atoms in total. The zero-order chi connectivity index (χ0) is 21.6. The lowest BCUT2D eigenvalue weighted by molar-refractivity contribution is -0.131. The van der Waals surface area contributed by atoms with Crippen LogP contribution in [0.3, 0.4) is 0 Å². The SMILES string of the molecule is O=C(/C=C/c1cn(-c2ccccc2)nc1-c1ccc(F)cc1)NCC(=O)N1CCCC1. The van der Waals surface area contributed by atoms with Crippen molar-refractivity contribution in [3.8, 4) is 16.9 Å². The van der Waals surface area contributed by atoms with Crippen LogP contribution in [-0.2, 0) is 9.59 Å². The number of para-hydroxylation sites is 1. The number of halogens is 1. The summed E-state index contributed by atoms with van der Waals surface area (Å²) in [6.07, 6.45) is 6.87. The predicted molar refractivity (Wildman–Crippen MR) is 117 cm³/mol. The highest BCUT2D eigenvalue weighted by atomic mass is 19.1. The van der Waals surface area contributed by atoms with Crippen LogP contribution in [0.15, 0.2) is 66.9 Å². The van der Waals surface area contributed by atoms with E-state index in [1.165, 1.54) is 18.2 Å². The van der Waals surface area contributed by atoms with E-state index in [1.807, 2.05) is 36.5 Å². The van der Waals surface area contributed by atoms with Gasteiger partial charge in [0, 0.05) is 36.5 Å². The Kier molecular flexibility index (Phi) is 6.21. The van der Waals surface area contributed by atoms with Crippen molar-refractivity contribution in [1.29, 1.82) is 0 Å². The number of hydrogen-bond acceptors (Lipinski definition) is 3. The lowest BCUT2D eigenvalue weighted by atomic mass is 10.1. The molecule has 3 aromatic rings. The third-order valence-electron chi connectivity index (χ3n) is 5.17. The first-order chi connectivity index (χ1) is 15.1. The van der Waals surface area contributed by atoms with Gasteiger partial charge in [0.2, 0.25) is 11.8 Å². The summed E-state index contributed by atoms with van der Waals surface area (Å²) >= 11 is 0. The van der Waals surface area contributed by atoms with Gasteiger partial charge in [0.05, 0.1) is 17.9 Å². The first-order valence-electron chi connectivity index (χ1n) is 10.2. The van der Waals surface area contributed by atoms with E-state index in [0.717, 1.165) is 37.2 Å². The molecule has 31 heavy (non-hydrogen) atoms. The summed E-state index contributed by atoms with van der Waals surface area (Å²) < 4.78 is 15.1. The molecule has 1 aliphatic heterocycles. The zero-order valence-corrected chi connectivity index (χ0v) is 17.0. The summed E-state index contributed by atoms with van der Waals surface area (Å²) in [5, 5.41) is 7.28. The van der Waals surface area contributed by atoms with Crippen LogP contribution >= 0.6 is 0 Å². The first kappa shape index (κ1) is 20.5. The average molecular weight is 418 g/mol. The fourth-order valence-electron chi connectivity index (χ4n) is 3.52. The van der Waals surface area contributed by atoms with E-state index in [1.54, 1.807) is 27.8 Å². The van der Waals surface area contributed by atoms with Crippen LogP contribution in [-0.4, -0.2) is 46.1 Å². The molecule has 0 radical (unpaired) electrons. The smallest absolute Gasteiger partial charge is 0.244 e. The molecule has 1 N–H and O–H groups in total. The molecule has 2 heterocycles. The van der Waals surface area contributed by atoms with Crippen LogP contribution in [0.4, 0.5) is 4.39 Å². The molecule has 7 heteroatoms.